The van der Waals surface area contributed by atoms with Gasteiger partial charge in [0, 0.05) is 11.8 Å². The summed E-state index contributed by atoms with van der Waals surface area (Å²) in [7, 11) is 0. The molecule has 0 radical (unpaired) electrons. The lowest BCUT2D eigenvalue weighted by Gasteiger charge is -2.14. The van der Waals surface area contributed by atoms with E-state index in [-0.39, 0.29) is 23.3 Å². The standard InChI is InChI=1S/C24H14F3N3O2/c25-24(26,27)18-11-9-17(10-12-18)21-20(13-8-16-5-2-1-3-6-16)22(31)30(23(21)32)15-19-7-4-14-28-29-19/h1-7,9-12,14H,15H2. The molecule has 1 aliphatic heterocycles. The minimum Gasteiger partial charge on any atom is -0.269 e. The maximum absolute atomic E-state index is 13.1. The average Bonchev–Trinajstić information content (AvgIpc) is 3.03. The molecule has 2 heterocycles. The number of rotatable bonds is 3. The second kappa shape index (κ2) is 8.47. The van der Waals surface area contributed by atoms with Crippen molar-refractivity contribution in [3.63, 3.8) is 0 Å². The first kappa shape index (κ1) is 21.0. The average molecular weight is 433 g/mol. The van der Waals surface area contributed by atoms with Crippen LogP contribution in [0.3, 0.4) is 0 Å². The number of hydrogen-bond acceptors (Lipinski definition) is 4. The van der Waals surface area contributed by atoms with Crippen molar-refractivity contribution < 1.29 is 22.8 Å². The van der Waals surface area contributed by atoms with Gasteiger partial charge in [0.15, 0.2) is 0 Å². The molecule has 0 atom stereocenters. The topological polar surface area (TPSA) is 63.2 Å². The van der Waals surface area contributed by atoms with Crippen LogP contribution in [-0.4, -0.2) is 26.9 Å². The van der Waals surface area contributed by atoms with Gasteiger partial charge < -0.3 is 0 Å². The number of imide groups is 1. The zero-order valence-corrected chi connectivity index (χ0v) is 16.4. The second-order valence-electron chi connectivity index (χ2n) is 6.85. The van der Waals surface area contributed by atoms with Crippen molar-refractivity contribution >= 4 is 17.4 Å². The van der Waals surface area contributed by atoms with Crippen molar-refractivity contribution in [3.05, 3.63) is 101 Å². The van der Waals surface area contributed by atoms with E-state index in [2.05, 4.69) is 22.0 Å². The number of aromatic nitrogens is 2. The van der Waals surface area contributed by atoms with E-state index in [9.17, 15) is 22.8 Å². The van der Waals surface area contributed by atoms with Gasteiger partial charge in [-0.1, -0.05) is 42.2 Å². The maximum Gasteiger partial charge on any atom is 0.416 e. The molecule has 0 spiro atoms. The van der Waals surface area contributed by atoms with Gasteiger partial charge in [-0.15, -0.1) is 0 Å². The molecule has 0 aliphatic carbocycles. The Morgan fingerprint density at radius 1 is 0.844 bits per heavy atom. The third-order valence-corrected chi connectivity index (χ3v) is 4.72. The van der Waals surface area contributed by atoms with E-state index >= 15 is 0 Å². The summed E-state index contributed by atoms with van der Waals surface area (Å²) in [6.07, 6.45) is -3.06. The van der Waals surface area contributed by atoms with Crippen LogP contribution in [0, 0.1) is 11.8 Å². The quantitative estimate of drug-likeness (QED) is 0.465. The van der Waals surface area contributed by atoms with Gasteiger partial charge in [-0.25, -0.2) is 0 Å². The fourth-order valence-electron chi connectivity index (χ4n) is 3.17. The number of amides is 2. The predicted octanol–water partition coefficient (Wildman–Crippen LogP) is 3.87. The molecule has 0 N–H and O–H groups in total. The van der Waals surface area contributed by atoms with Crippen LogP contribution in [0.2, 0.25) is 0 Å². The summed E-state index contributed by atoms with van der Waals surface area (Å²) in [5.41, 5.74) is 0.207. The molecule has 1 aliphatic rings. The molecule has 0 saturated heterocycles. The highest BCUT2D eigenvalue weighted by Crippen LogP contribution is 2.33. The monoisotopic (exact) mass is 433 g/mol. The molecule has 1 aromatic heterocycles. The van der Waals surface area contributed by atoms with E-state index in [0.717, 1.165) is 17.0 Å². The molecule has 0 saturated carbocycles. The van der Waals surface area contributed by atoms with Gasteiger partial charge in [0.1, 0.15) is 5.57 Å². The highest BCUT2D eigenvalue weighted by atomic mass is 19.4. The maximum atomic E-state index is 13.1. The van der Waals surface area contributed by atoms with Crippen molar-refractivity contribution in [1.29, 1.82) is 0 Å². The highest BCUT2D eigenvalue weighted by Gasteiger charge is 2.39. The Balaban J connectivity index is 1.77. The molecule has 2 aromatic carbocycles. The lowest BCUT2D eigenvalue weighted by molar-refractivity contribution is -0.138. The van der Waals surface area contributed by atoms with E-state index < -0.39 is 23.6 Å². The molecule has 5 nitrogen and oxygen atoms in total. The lowest BCUT2D eigenvalue weighted by atomic mass is 10.00. The van der Waals surface area contributed by atoms with Crippen molar-refractivity contribution in [2.75, 3.05) is 0 Å². The number of benzene rings is 2. The van der Waals surface area contributed by atoms with Gasteiger partial charge in [-0.05, 0) is 42.0 Å². The summed E-state index contributed by atoms with van der Waals surface area (Å²) in [5.74, 6) is 4.29. The number of alkyl halides is 3. The molecule has 8 heteroatoms. The smallest absolute Gasteiger partial charge is 0.269 e. The minimum absolute atomic E-state index is 0.0453. The van der Waals surface area contributed by atoms with E-state index in [1.165, 1.54) is 18.3 Å². The Bertz CT molecular complexity index is 1260. The zero-order chi connectivity index (χ0) is 22.7. The summed E-state index contributed by atoms with van der Waals surface area (Å²) < 4.78 is 38.8. The molecular weight excluding hydrogens is 419 g/mol. The molecule has 0 bridgehead atoms. The van der Waals surface area contributed by atoms with Crippen LogP contribution in [0.15, 0.2) is 78.5 Å². The normalized spacial score (nSPS) is 13.9. The first-order valence-electron chi connectivity index (χ1n) is 9.46. The lowest BCUT2D eigenvalue weighted by Crippen LogP contribution is -2.31. The zero-order valence-electron chi connectivity index (χ0n) is 16.4. The molecule has 3 aromatic rings. The van der Waals surface area contributed by atoms with Crippen molar-refractivity contribution in [1.82, 2.24) is 15.1 Å². The summed E-state index contributed by atoms with van der Waals surface area (Å²) in [6, 6.07) is 16.1. The van der Waals surface area contributed by atoms with E-state index in [1.54, 1.807) is 36.4 Å². The summed E-state index contributed by atoms with van der Waals surface area (Å²) in [4.78, 5) is 27.2. The van der Waals surface area contributed by atoms with Crippen LogP contribution in [0.4, 0.5) is 13.2 Å². The summed E-state index contributed by atoms with van der Waals surface area (Å²) in [5, 5.41) is 7.62. The van der Waals surface area contributed by atoms with E-state index in [4.69, 9.17) is 0 Å². The van der Waals surface area contributed by atoms with Gasteiger partial charge in [0.25, 0.3) is 11.8 Å². The fraction of sp³-hybridized carbons (Fsp3) is 0.0833. The number of nitrogens with zero attached hydrogens (tertiary/aromatic N) is 3. The molecular formula is C24H14F3N3O2. The molecule has 2 amide bonds. The Morgan fingerprint density at radius 2 is 1.56 bits per heavy atom. The van der Waals surface area contributed by atoms with Crippen molar-refractivity contribution in [2.24, 2.45) is 0 Å². The largest absolute Gasteiger partial charge is 0.416 e. The Labute approximate surface area is 181 Å². The minimum atomic E-state index is -4.52. The number of hydrogen-bond donors (Lipinski definition) is 0. The van der Waals surface area contributed by atoms with Crippen LogP contribution < -0.4 is 0 Å². The van der Waals surface area contributed by atoms with Gasteiger partial charge in [0.2, 0.25) is 0 Å². The second-order valence-corrected chi connectivity index (χ2v) is 6.85. The fourth-order valence-corrected chi connectivity index (χ4v) is 3.17. The van der Waals surface area contributed by atoms with Crippen LogP contribution in [0.25, 0.3) is 5.57 Å². The number of carbonyl (C=O) groups is 2. The third-order valence-electron chi connectivity index (χ3n) is 4.72. The van der Waals surface area contributed by atoms with Crippen LogP contribution in [-0.2, 0) is 22.3 Å². The first-order valence-corrected chi connectivity index (χ1v) is 9.46. The SMILES string of the molecule is O=C1C(C#Cc2ccccc2)=C(c2ccc(C(F)(F)F)cc2)C(=O)N1Cc1cccnn1. The Hall–Kier alpha value is -4.25. The van der Waals surface area contributed by atoms with Crippen LogP contribution in [0.1, 0.15) is 22.4 Å². The highest BCUT2D eigenvalue weighted by molar-refractivity contribution is 6.37. The molecule has 0 fully saturated rings. The summed E-state index contributed by atoms with van der Waals surface area (Å²) in [6.45, 7) is -0.133. The van der Waals surface area contributed by atoms with Crippen molar-refractivity contribution in [3.8, 4) is 11.8 Å². The summed E-state index contributed by atoms with van der Waals surface area (Å²) >= 11 is 0. The van der Waals surface area contributed by atoms with Crippen molar-refractivity contribution in [2.45, 2.75) is 12.7 Å². The van der Waals surface area contributed by atoms with Gasteiger partial charge >= 0.3 is 6.18 Å². The third kappa shape index (κ3) is 4.27. The number of carbonyl (C=O) groups excluding carboxylic acids is 2. The van der Waals surface area contributed by atoms with Gasteiger partial charge in [-0.3, -0.25) is 14.5 Å². The molecule has 4 rings (SSSR count). The Kier molecular flexibility index (Phi) is 5.56. The van der Waals surface area contributed by atoms with Gasteiger partial charge in [0.05, 0.1) is 23.4 Å². The molecule has 0 unspecified atom stereocenters. The van der Waals surface area contributed by atoms with Gasteiger partial charge in [-0.2, -0.15) is 23.4 Å². The van der Waals surface area contributed by atoms with Crippen LogP contribution >= 0.6 is 0 Å². The van der Waals surface area contributed by atoms with E-state index in [0.29, 0.717) is 11.3 Å². The molecule has 32 heavy (non-hydrogen) atoms. The van der Waals surface area contributed by atoms with E-state index in [1.807, 2.05) is 6.07 Å². The number of halogens is 3. The van der Waals surface area contributed by atoms with Crippen LogP contribution in [0.5, 0.6) is 0 Å². The predicted molar refractivity (Wildman–Crippen MR) is 109 cm³/mol. The Morgan fingerprint density at radius 3 is 2.19 bits per heavy atom. The first-order chi connectivity index (χ1) is 15.3. The molecule has 158 valence electrons.